The molecule has 20 heavy (non-hydrogen) atoms. The summed E-state index contributed by atoms with van der Waals surface area (Å²) in [7, 11) is 1.77. The van der Waals surface area contributed by atoms with Crippen LogP contribution in [0.4, 0.5) is 10.1 Å². The van der Waals surface area contributed by atoms with Gasteiger partial charge in [-0.15, -0.1) is 0 Å². The maximum absolute atomic E-state index is 12.9. The lowest BCUT2D eigenvalue weighted by Gasteiger charge is -2.20. The average molecular weight is 271 g/mol. The Hall–Kier alpha value is -2.16. The van der Waals surface area contributed by atoms with Crippen molar-refractivity contribution in [2.75, 3.05) is 11.9 Å². The molecule has 0 saturated heterocycles. The van der Waals surface area contributed by atoms with Gasteiger partial charge in [0.2, 0.25) is 5.91 Å². The van der Waals surface area contributed by atoms with E-state index in [2.05, 4.69) is 0 Å². The molecule has 2 rings (SSSR count). The maximum atomic E-state index is 12.9. The summed E-state index contributed by atoms with van der Waals surface area (Å²) in [6.07, 6.45) is 0.400. The number of amides is 1. The zero-order valence-electron chi connectivity index (χ0n) is 11.7. The molecule has 2 nitrogen and oxygen atoms in total. The third-order valence-corrected chi connectivity index (χ3v) is 3.44. The van der Waals surface area contributed by atoms with Gasteiger partial charge in [-0.3, -0.25) is 4.79 Å². The second-order valence-electron chi connectivity index (χ2n) is 4.95. The molecule has 0 radical (unpaired) electrons. The highest BCUT2D eigenvalue weighted by molar-refractivity contribution is 5.93. The molecule has 0 N–H and O–H groups in total. The zero-order valence-corrected chi connectivity index (χ0v) is 11.7. The molecular weight excluding hydrogens is 253 g/mol. The Balaban J connectivity index is 2.02. The van der Waals surface area contributed by atoms with Gasteiger partial charge in [0.15, 0.2) is 0 Å². The summed E-state index contributed by atoms with van der Waals surface area (Å²) < 4.78 is 12.9. The molecule has 0 heterocycles. The number of halogens is 1. The van der Waals surface area contributed by atoms with Crippen LogP contribution in [0, 0.1) is 5.82 Å². The zero-order chi connectivity index (χ0) is 14.5. The Morgan fingerprint density at radius 1 is 1.10 bits per heavy atom. The van der Waals surface area contributed by atoms with Gasteiger partial charge < -0.3 is 4.90 Å². The molecule has 0 fully saturated rings. The molecule has 1 atom stereocenters. The summed E-state index contributed by atoms with van der Waals surface area (Å²) in [4.78, 5) is 13.9. The van der Waals surface area contributed by atoms with Crippen LogP contribution >= 0.6 is 0 Å². The predicted octanol–water partition coefficient (Wildman–Crippen LogP) is 3.98. The number of hydrogen-bond donors (Lipinski definition) is 0. The number of carbonyl (C=O) groups is 1. The Morgan fingerprint density at radius 2 is 1.70 bits per heavy atom. The minimum Gasteiger partial charge on any atom is -0.315 e. The molecule has 0 aliphatic heterocycles. The predicted molar refractivity (Wildman–Crippen MR) is 79.3 cm³/mol. The Kier molecular flexibility index (Phi) is 4.51. The average Bonchev–Trinajstić information content (AvgIpc) is 2.48. The van der Waals surface area contributed by atoms with Crippen LogP contribution in [0.1, 0.15) is 24.8 Å². The van der Waals surface area contributed by atoms with Crippen molar-refractivity contribution in [1.29, 1.82) is 0 Å². The summed E-state index contributed by atoms with van der Waals surface area (Å²) >= 11 is 0. The van der Waals surface area contributed by atoms with Crippen LogP contribution in [-0.4, -0.2) is 13.0 Å². The number of benzene rings is 2. The van der Waals surface area contributed by atoms with Gasteiger partial charge in [0.1, 0.15) is 5.82 Å². The van der Waals surface area contributed by atoms with Crippen molar-refractivity contribution in [3.63, 3.8) is 0 Å². The van der Waals surface area contributed by atoms with Gasteiger partial charge in [-0.2, -0.15) is 0 Å². The van der Waals surface area contributed by atoms with Gasteiger partial charge in [0.25, 0.3) is 0 Å². The second-order valence-corrected chi connectivity index (χ2v) is 4.95. The molecule has 1 amide bonds. The van der Waals surface area contributed by atoms with Gasteiger partial charge in [0.05, 0.1) is 0 Å². The first-order valence-corrected chi connectivity index (χ1v) is 6.65. The first-order chi connectivity index (χ1) is 9.58. The van der Waals surface area contributed by atoms with E-state index in [1.165, 1.54) is 12.1 Å². The number of rotatable bonds is 4. The molecule has 0 aliphatic carbocycles. The fraction of sp³-hybridized carbons (Fsp3) is 0.235. The minimum absolute atomic E-state index is 0.0491. The third kappa shape index (κ3) is 3.44. The molecule has 0 saturated carbocycles. The molecule has 0 unspecified atom stereocenters. The Bertz CT molecular complexity index is 565. The standard InChI is InChI=1S/C17H18FNO/c1-13(14-8-10-15(18)11-9-14)12-17(20)19(2)16-6-4-3-5-7-16/h3-11,13H,12H2,1-2H3/t13-/m0/s1. The van der Waals surface area contributed by atoms with Crippen molar-refractivity contribution in [3.8, 4) is 0 Å². The van der Waals surface area contributed by atoms with Crippen LogP contribution in [0.15, 0.2) is 54.6 Å². The van der Waals surface area contributed by atoms with E-state index in [1.807, 2.05) is 37.3 Å². The molecule has 0 bridgehead atoms. The van der Waals surface area contributed by atoms with E-state index >= 15 is 0 Å². The van der Waals surface area contributed by atoms with Crippen molar-refractivity contribution >= 4 is 11.6 Å². The fourth-order valence-electron chi connectivity index (χ4n) is 2.10. The highest BCUT2D eigenvalue weighted by Gasteiger charge is 2.15. The molecule has 3 heteroatoms. The molecule has 104 valence electrons. The van der Waals surface area contributed by atoms with E-state index in [9.17, 15) is 9.18 Å². The summed E-state index contributed by atoms with van der Waals surface area (Å²) in [6.45, 7) is 1.98. The Labute approximate surface area is 118 Å². The van der Waals surface area contributed by atoms with Crippen molar-refractivity contribution in [3.05, 3.63) is 66.0 Å². The number of carbonyl (C=O) groups excluding carboxylic acids is 1. The number of nitrogens with zero attached hydrogens (tertiary/aromatic N) is 1. The normalized spacial score (nSPS) is 11.9. The van der Waals surface area contributed by atoms with Crippen LogP contribution in [-0.2, 0) is 4.79 Å². The maximum Gasteiger partial charge on any atom is 0.227 e. The van der Waals surface area contributed by atoms with Crippen molar-refractivity contribution < 1.29 is 9.18 Å². The summed E-state index contributed by atoms with van der Waals surface area (Å²) in [5.74, 6) is -0.143. The summed E-state index contributed by atoms with van der Waals surface area (Å²) in [5, 5.41) is 0. The summed E-state index contributed by atoms with van der Waals surface area (Å²) in [6, 6.07) is 15.9. The highest BCUT2D eigenvalue weighted by atomic mass is 19.1. The van der Waals surface area contributed by atoms with E-state index < -0.39 is 0 Å². The van der Waals surface area contributed by atoms with Crippen LogP contribution in [0.3, 0.4) is 0 Å². The van der Waals surface area contributed by atoms with Gasteiger partial charge in [0, 0.05) is 19.2 Å². The van der Waals surface area contributed by atoms with Crippen LogP contribution < -0.4 is 4.90 Å². The van der Waals surface area contributed by atoms with Crippen LogP contribution in [0.25, 0.3) is 0 Å². The molecule has 0 aromatic heterocycles. The molecule has 2 aromatic rings. The Morgan fingerprint density at radius 3 is 2.30 bits per heavy atom. The number of anilines is 1. The third-order valence-electron chi connectivity index (χ3n) is 3.44. The minimum atomic E-state index is -0.256. The largest absolute Gasteiger partial charge is 0.315 e. The van der Waals surface area contributed by atoms with Crippen LogP contribution in [0.2, 0.25) is 0 Å². The molecule has 0 spiro atoms. The lowest BCUT2D eigenvalue weighted by atomic mass is 9.97. The van der Waals surface area contributed by atoms with Crippen LogP contribution in [0.5, 0.6) is 0 Å². The van der Waals surface area contributed by atoms with Crippen molar-refractivity contribution in [1.82, 2.24) is 0 Å². The molecule has 0 aliphatic rings. The van der Waals surface area contributed by atoms with E-state index in [4.69, 9.17) is 0 Å². The van der Waals surface area contributed by atoms with Gasteiger partial charge >= 0.3 is 0 Å². The smallest absolute Gasteiger partial charge is 0.227 e. The first kappa shape index (κ1) is 14.3. The van der Waals surface area contributed by atoms with Crippen molar-refractivity contribution in [2.45, 2.75) is 19.3 Å². The topological polar surface area (TPSA) is 20.3 Å². The molecule has 2 aromatic carbocycles. The fourth-order valence-corrected chi connectivity index (χ4v) is 2.10. The monoisotopic (exact) mass is 271 g/mol. The quantitative estimate of drug-likeness (QED) is 0.823. The van der Waals surface area contributed by atoms with E-state index in [0.717, 1.165) is 11.3 Å². The first-order valence-electron chi connectivity index (χ1n) is 6.65. The van der Waals surface area contributed by atoms with Gasteiger partial charge in [-0.05, 0) is 35.7 Å². The van der Waals surface area contributed by atoms with E-state index in [1.54, 1.807) is 24.1 Å². The summed E-state index contributed by atoms with van der Waals surface area (Å²) in [5.41, 5.74) is 1.85. The molecular formula is C17H18FNO. The van der Waals surface area contributed by atoms with E-state index in [-0.39, 0.29) is 17.6 Å². The number of hydrogen-bond acceptors (Lipinski definition) is 1. The lowest BCUT2D eigenvalue weighted by molar-refractivity contribution is -0.118. The number of para-hydroxylation sites is 1. The van der Waals surface area contributed by atoms with Gasteiger partial charge in [-0.25, -0.2) is 4.39 Å². The highest BCUT2D eigenvalue weighted by Crippen LogP contribution is 2.22. The van der Waals surface area contributed by atoms with Crippen molar-refractivity contribution in [2.24, 2.45) is 0 Å². The van der Waals surface area contributed by atoms with Gasteiger partial charge in [-0.1, -0.05) is 37.3 Å². The lowest BCUT2D eigenvalue weighted by Crippen LogP contribution is -2.27. The van der Waals surface area contributed by atoms with E-state index in [0.29, 0.717) is 6.42 Å². The SMILES string of the molecule is C[C@@H](CC(=O)N(C)c1ccccc1)c1ccc(F)cc1. The second kappa shape index (κ2) is 6.33.